The topological polar surface area (TPSA) is 21.7 Å². The normalized spacial score (nSPS) is 12.9. The number of methoxy groups -OCH3 is 2. The lowest BCUT2D eigenvalue weighted by Crippen LogP contribution is -2.24. The van der Waals surface area contributed by atoms with Gasteiger partial charge in [0.05, 0.1) is 0 Å². The van der Waals surface area contributed by atoms with Crippen molar-refractivity contribution in [1.82, 2.24) is 4.90 Å². The molecule has 3 heteroatoms. The van der Waals surface area contributed by atoms with Crippen LogP contribution in [0.1, 0.15) is 20.8 Å². The van der Waals surface area contributed by atoms with E-state index in [2.05, 4.69) is 24.8 Å². The van der Waals surface area contributed by atoms with Crippen LogP contribution in [-0.4, -0.2) is 45.0 Å². The van der Waals surface area contributed by atoms with Gasteiger partial charge in [-0.15, -0.1) is 0 Å². The molecule has 14 heavy (non-hydrogen) atoms. The van der Waals surface area contributed by atoms with E-state index in [9.17, 15) is 0 Å². The van der Waals surface area contributed by atoms with E-state index >= 15 is 0 Å². The molecular formula is C11H23NO2. The van der Waals surface area contributed by atoms with Crippen LogP contribution in [-0.2, 0) is 9.47 Å². The lowest BCUT2D eigenvalue weighted by molar-refractivity contribution is -0.0749. The van der Waals surface area contributed by atoms with E-state index in [0.717, 1.165) is 25.2 Å². The van der Waals surface area contributed by atoms with E-state index in [-0.39, 0.29) is 6.29 Å². The van der Waals surface area contributed by atoms with Crippen LogP contribution in [0.4, 0.5) is 0 Å². The van der Waals surface area contributed by atoms with Gasteiger partial charge in [0.25, 0.3) is 0 Å². The molecule has 0 unspecified atom stereocenters. The lowest BCUT2D eigenvalue weighted by Gasteiger charge is -2.18. The van der Waals surface area contributed by atoms with Gasteiger partial charge in [-0.2, -0.15) is 0 Å². The third-order valence-corrected chi connectivity index (χ3v) is 2.37. The summed E-state index contributed by atoms with van der Waals surface area (Å²) in [6.07, 6.45) is 1.95. The number of hydrogen-bond donors (Lipinski definition) is 0. The first-order valence-electron chi connectivity index (χ1n) is 5.14. The zero-order chi connectivity index (χ0) is 11.0. The standard InChI is InChI=1S/C11H23NO2/c1-6-12(7-2)9-8-10(3)11(13-4)14-5/h8,11H,6-7,9H2,1-5H3/b10-8+. The first-order chi connectivity index (χ1) is 6.69. The Morgan fingerprint density at radius 3 is 2.07 bits per heavy atom. The Labute approximate surface area is 87.7 Å². The summed E-state index contributed by atoms with van der Waals surface area (Å²) < 4.78 is 10.3. The number of rotatable bonds is 7. The van der Waals surface area contributed by atoms with Crippen molar-refractivity contribution in [3.05, 3.63) is 11.6 Å². The van der Waals surface area contributed by atoms with Crippen LogP contribution in [0, 0.1) is 0 Å². The molecule has 0 aromatic rings. The van der Waals surface area contributed by atoms with Crippen LogP contribution in [0.2, 0.25) is 0 Å². The van der Waals surface area contributed by atoms with Crippen molar-refractivity contribution in [2.75, 3.05) is 33.9 Å². The zero-order valence-electron chi connectivity index (χ0n) is 10.0. The monoisotopic (exact) mass is 201 g/mol. The molecule has 0 bridgehead atoms. The number of ether oxygens (including phenoxy) is 2. The van der Waals surface area contributed by atoms with Gasteiger partial charge in [0.15, 0.2) is 6.29 Å². The Morgan fingerprint density at radius 1 is 1.21 bits per heavy atom. The highest BCUT2D eigenvalue weighted by molar-refractivity contribution is 5.02. The molecule has 0 aromatic heterocycles. The number of nitrogens with zero attached hydrogens (tertiary/aromatic N) is 1. The van der Waals surface area contributed by atoms with Gasteiger partial charge in [0, 0.05) is 20.8 Å². The SMILES string of the molecule is CCN(CC)C/C=C(\C)C(OC)OC. The summed E-state index contributed by atoms with van der Waals surface area (Å²) in [5.41, 5.74) is 1.13. The zero-order valence-corrected chi connectivity index (χ0v) is 10.0. The third kappa shape index (κ3) is 4.74. The highest BCUT2D eigenvalue weighted by Gasteiger charge is 2.07. The van der Waals surface area contributed by atoms with Crippen LogP contribution >= 0.6 is 0 Å². The highest BCUT2D eigenvalue weighted by Crippen LogP contribution is 2.05. The highest BCUT2D eigenvalue weighted by atomic mass is 16.7. The summed E-state index contributed by atoms with van der Waals surface area (Å²) in [7, 11) is 3.31. The van der Waals surface area contributed by atoms with E-state index in [1.54, 1.807) is 14.2 Å². The molecule has 0 rings (SSSR count). The maximum Gasteiger partial charge on any atom is 0.178 e. The molecule has 0 N–H and O–H groups in total. The third-order valence-electron chi connectivity index (χ3n) is 2.37. The van der Waals surface area contributed by atoms with Crippen molar-refractivity contribution in [1.29, 1.82) is 0 Å². The van der Waals surface area contributed by atoms with E-state index in [4.69, 9.17) is 9.47 Å². The largest absolute Gasteiger partial charge is 0.352 e. The minimum Gasteiger partial charge on any atom is -0.352 e. The molecule has 0 aliphatic rings. The second-order valence-electron chi connectivity index (χ2n) is 3.24. The number of likely N-dealkylation sites (N-methyl/N-ethyl adjacent to an activating group) is 1. The molecule has 3 nitrogen and oxygen atoms in total. The van der Waals surface area contributed by atoms with Gasteiger partial charge < -0.3 is 14.4 Å². The molecule has 0 atom stereocenters. The van der Waals surface area contributed by atoms with Gasteiger partial charge in [-0.05, 0) is 25.6 Å². The van der Waals surface area contributed by atoms with Crippen LogP contribution in [0.3, 0.4) is 0 Å². The van der Waals surface area contributed by atoms with Crippen LogP contribution in [0.15, 0.2) is 11.6 Å². The van der Waals surface area contributed by atoms with Gasteiger partial charge >= 0.3 is 0 Å². The first kappa shape index (κ1) is 13.6. The second-order valence-corrected chi connectivity index (χ2v) is 3.24. The van der Waals surface area contributed by atoms with Gasteiger partial charge in [0.2, 0.25) is 0 Å². The summed E-state index contributed by atoms with van der Waals surface area (Å²) >= 11 is 0. The average Bonchev–Trinajstić information content (AvgIpc) is 2.21. The molecule has 0 aliphatic heterocycles. The maximum absolute atomic E-state index is 5.15. The van der Waals surface area contributed by atoms with E-state index < -0.39 is 0 Å². The van der Waals surface area contributed by atoms with Crippen LogP contribution in [0.5, 0.6) is 0 Å². The molecule has 0 saturated heterocycles. The smallest absolute Gasteiger partial charge is 0.178 e. The Morgan fingerprint density at radius 2 is 1.71 bits per heavy atom. The summed E-state index contributed by atoms with van der Waals surface area (Å²) in [6.45, 7) is 9.46. The molecular weight excluding hydrogens is 178 g/mol. The van der Waals surface area contributed by atoms with Gasteiger partial charge in [0.1, 0.15) is 0 Å². The van der Waals surface area contributed by atoms with Crippen LogP contribution in [0.25, 0.3) is 0 Å². The Kier molecular flexibility index (Phi) is 7.76. The first-order valence-corrected chi connectivity index (χ1v) is 5.14. The predicted octanol–water partition coefficient (Wildman–Crippen LogP) is 1.89. The predicted molar refractivity (Wildman–Crippen MR) is 59.4 cm³/mol. The summed E-state index contributed by atoms with van der Waals surface area (Å²) in [4.78, 5) is 2.34. The van der Waals surface area contributed by atoms with Gasteiger partial charge in [-0.1, -0.05) is 19.9 Å². The Bertz CT molecular complexity index is 161. The van der Waals surface area contributed by atoms with Crippen molar-refractivity contribution in [2.45, 2.75) is 27.1 Å². The molecule has 0 aromatic carbocycles. The fourth-order valence-corrected chi connectivity index (χ4v) is 1.32. The average molecular weight is 201 g/mol. The quantitative estimate of drug-likeness (QED) is 0.464. The van der Waals surface area contributed by atoms with E-state index in [0.29, 0.717) is 0 Å². The van der Waals surface area contributed by atoms with Gasteiger partial charge in [-0.3, -0.25) is 0 Å². The fourth-order valence-electron chi connectivity index (χ4n) is 1.32. The van der Waals surface area contributed by atoms with E-state index in [1.165, 1.54) is 0 Å². The fraction of sp³-hybridized carbons (Fsp3) is 0.818. The molecule has 0 amide bonds. The second kappa shape index (κ2) is 7.97. The van der Waals surface area contributed by atoms with Crippen molar-refractivity contribution in [2.24, 2.45) is 0 Å². The minimum atomic E-state index is -0.203. The summed E-state index contributed by atoms with van der Waals surface area (Å²) in [5, 5.41) is 0. The van der Waals surface area contributed by atoms with Crippen molar-refractivity contribution >= 4 is 0 Å². The molecule has 0 aliphatic carbocycles. The molecule has 0 radical (unpaired) electrons. The Hall–Kier alpha value is -0.380. The molecule has 0 saturated carbocycles. The van der Waals surface area contributed by atoms with E-state index in [1.807, 2.05) is 6.92 Å². The summed E-state index contributed by atoms with van der Waals surface area (Å²) in [6, 6.07) is 0. The molecule has 0 heterocycles. The molecule has 0 spiro atoms. The number of hydrogen-bond acceptors (Lipinski definition) is 3. The van der Waals surface area contributed by atoms with Crippen molar-refractivity contribution in [3.63, 3.8) is 0 Å². The minimum absolute atomic E-state index is 0.203. The van der Waals surface area contributed by atoms with Crippen molar-refractivity contribution in [3.8, 4) is 0 Å². The maximum atomic E-state index is 5.15. The van der Waals surface area contributed by atoms with Crippen molar-refractivity contribution < 1.29 is 9.47 Å². The van der Waals surface area contributed by atoms with Gasteiger partial charge in [-0.25, -0.2) is 0 Å². The molecule has 0 fully saturated rings. The van der Waals surface area contributed by atoms with Crippen LogP contribution < -0.4 is 0 Å². The summed E-state index contributed by atoms with van der Waals surface area (Å²) in [5.74, 6) is 0. The Balaban J connectivity index is 4.08. The lowest BCUT2D eigenvalue weighted by atomic mass is 10.2. The molecule has 84 valence electrons.